The third-order valence-corrected chi connectivity index (χ3v) is 4.38. The van der Waals surface area contributed by atoms with E-state index in [0.29, 0.717) is 0 Å². The highest BCUT2D eigenvalue weighted by molar-refractivity contribution is 5.33. The molecule has 0 aliphatic carbocycles. The van der Waals surface area contributed by atoms with Crippen LogP contribution in [0.15, 0.2) is 24.3 Å². The van der Waals surface area contributed by atoms with Gasteiger partial charge in [-0.1, -0.05) is 18.2 Å². The summed E-state index contributed by atoms with van der Waals surface area (Å²) in [6.07, 6.45) is 4.63. The van der Waals surface area contributed by atoms with Crippen molar-refractivity contribution in [2.45, 2.75) is 31.2 Å². The van der Waals surface area contributed by atoms with E-state index in [0.717, 1.165) is 25.1 Å². The molecule has 2 N–H and O–H groups in total. The van der Waals surface area contributed by atoms with Crippen LogP contribution in [0.1, 0.15) is 24.8 Å². The van der Waals surface area contributed by atoms with Crippen molar-refractivity contribution in [2.24, 2.45) is 5.73 Å². The van der Waals surface area contributed by atoms with E-state index in [1.165, 1.54) is 24.9 Å². The number of rotatable bonds is 5. The third-order valence-electron chi connectivity index (χ3n) is 4.38. The average Bonchev–Trinajstić information content (AvgIpc) is 2.78. The summed E-state index contributed by atoms with van der Waals surface area (Å²) in [5.74, 6) is 0.991. The van der Waals surface area contributed by atoms with Gasteiger partial charge in [0.1, 0.15) is 5.75 Å². The fourth-order valence-electron chi connectivity index (χ4n) is 3.03. The maximum Gasteiger partial charge on any atom is 0.122 e. The van der Waals surface area contributed by atoms with Crippen LogP contribution in [-0.2, 0) is 6.42 Å². The van der Waals surface area contributed by atoms with Crippen LogP contribution in [0.3, 0.4) is 0 Å². The molecule has 0 amide bonds. The molecule has 0 aromatic heterocycles. The molecule has 2 rings (SSSR count). The van der Waals surface area contributed by atoms with Gasteiger partial charge in [-0.2, -0.15) is 0 Å². The molecule has 1 aromatic rings. The van der Waals surface area contributed by atoms with Crippen molar-refractivity contribution in [1.29, 1.82) is 0 Å². The highest BCUT2D eigenvalue weighted by Gasteiger charge is 2.36. The highest BCUT2D eigenvalue weighted by Crippen LogP contribution is 2.32. The predicted molar refractivity (Wildman–Crippen MR) is 75.0 cm³/mol. The number of hydrogen-bond donors (Lipinski definition) is 1. The number of likely N-dealkylation sites (tertiary alicyclic amines) is 1. The molecule has 0 radical (unpaired) electrons. The monoisotopic (exact) mass is 248 g/mol. The van der Waals surface area contributed by atoms with Gasteiger partial charge < -0.3 is 10.5 Å². The van der Waals surface area contributed by atoms with Gasteiger partial charge in [0.05, 0.1) is 7.11 Å². The van der Waals surface area contributed by atoms with Crippen molar-refractivity contribution < 1.29 is 4.74 Å². The lowest BCUT2D eigenvalue weighted by molar-refractivity contribution is 0.169. The molecule has 0 spiro atoms. The van der Waals surface area contributed by atoms with E-state index in [1.54, 1.807) is 7.11 Å². The second-order valence-corrected chi connectivity index (χ2v) is 5.27. The molecule has 1 fully saturated rings. The zero-order chi connectivity index (χ0) is 13.0. The number of hydrogen-bond acceptors (Lipinski definition) is 3. The zero-order valence-corrected chi connectivity index (χ0v) is 11.5. The van der Waals surface area contributed by atoms with Crippen LogP contribution in [0.4, 0.5) is 0 Å². The topological polar surface area (TPSA) is 38.5 Å². The standard InChI is InChI=1S/C15H24N2O/c1-17-11-5-9-15(17,12-16)10-8-13-6-3-4-7-14(13)18-2/h3-4,6-7H,5,8-12,16H2,1-2H3. The van der Waals surface area contributed by atoms with E-state index in [4.69, 9.17) is 10.5 Å². The molecular weight excluding hydrogens is 224 g/mol. The molecule has 100 valence electrons. The van der Waals surface area contributed by atoms with Crippen molar-refractivity contribution in [3.8, 4) is 5.75 Å². The lowest BCUT2D eigenvalue weighted by atomic mass is 9.88. The van der Waals surface area contributed by atoms with Gasteiger partial charge in [-0.15, -0.1) is 0 Å². The Morgan fingerprint density at radius 3 is 2.78 bits per heavy atom. The minimum atomic E-state index is 0.195. The summed E-state index contributed by atoms with van der Waals surface area (Å²) in [5, 5.41) is 0. The van der Waals surface area contributed by atoms with Gasteiger partial charge in [0.15, 0.2) is 0 Å². The van der Waals surface area contributed by atoms with Crippen LogP contribution < -0.4 is 10.5 Å². The van der Waals surface area contributed by atoms with E-state index < -0.39 is 0 Å². The maximum absolute atomic E-state index is 6.02. The summed E-state index contributed by atoms with van der Waals surface area (Å²) in [5.41, 5.74) is 7.50. The predicted octanol–water partition coefficient (Wildman–Crippen LogP) is 2.05. The highest BCUT2D eigenvalue weighted by atomic mass is 16.5. The molecule has 1 aliphatic rings. The summed E-state index contributed by atoms with van der Waals surface area (Å²) in [7, 11) is 3.93. The van der Waals surface area contributed by atoms with E-state index in [1.807, 2.05) is 12.1 Å². The van der Waals surface area contributed by atoms with Crippen LogP contribution in [0.5, 0.6) is 5.75 Å². The quantitative estimate of drug-likeness (QED) is 0.866. The minimum Gasteiger partial charge on any atom is -0.496 e. The summed E-state index contributed by atoms with van der Waals surface area (Å²) in [6.45, 7) is 1.92. The molecule has 1 unspecified atom stereocenters. The van der Waals surface area contributed by atoms with E-state index >= 15 is 0 Å². The molecule has 1 saturated heterocycles. The fourth-order valence-corrected chi connectivity index (χ4v) is 3.03. The largest absolute Gasteiger partial charge is 0.496 e. The number of nitrogens with two attached hydrogens (primary N) is 1. The molecule has 18 heavy (non-hydrogen) atoms. The Labute approximate surface area is 110 Å². The summed E-state index contributed by atoms with van der Waals surface area (Å²) >= 11 is 0. The van der Waals surface area contributed by atoms with Gasteiger partial charge in [0.2, 0.25) is 0 Å². The summed E-state index contributed by atoms with van der Waals surface area (Å²) in [6, 6.07) is 8.27. The Bertz CT molecular complexity index is 394. The van der Waals surface area contributed by atoms with Gasteiger partial charge in [-0.05, 0) is 50.9 Å². The Morgan fingerprint density at radius 2 is 2.17 bits per heavy atom. The van der Waals surface area contributed by atoms with Gasteiger partial charge in [-0.25, -0.2) is 0 Å². The number of nitrogens with zero attached hydrogens (tertiary/aromatic N) is 1. The van der Waals surface area contributed by atoms with E-state index in [-0.39, 0.29) is 5.54 Å². The first-order valence-corrected chi connectivity index (χ1v) is 6.75. The molecule has 0 bridgehead atoms. The number of para-hydroxylation sites is 1. The molecule has 1 aliphatic heterocycles. The SMILES string of the molecule is COc1ccccc1CCC1(CN)CCCN1C. The van der Waals surface area contributed by atoms with Crippen LogP contribution in [0.2, 0.25) is 0 Å². The van der Waals surface area contributed by atoms with Gasteiger partial charge in [0, 0.05) is 12.1 Å². The Hall–Kier alpha value is -1.06. The zero-order valence-electron chi connectivity index (χ0n) is 11.5. The molecular formula is C15H24N2O. The Kier molecular flexibility index (Phi) is 4.25. The lowest BCUT2D eigenvalue weighted by Crippen LogP contribution is -2.48. The van der Waals surface area contributed by atoms with Crippen LogP contribution in [0, 0.1) is 0 Å². The number of ether oxygens (including phenoxy) is 1. The van der Waals surface area contributed by atoms with Crippen molar-refractivity contribution >= 4 is 0 Å². The van der Waals surface area contributed by atoms with Gasteiger partial charge >= 0.3 is 0 Å². The minimum absolute atomic E-state index is 0.195. The number of likely N-dealkylation sites (N-methyl/N-ethyl adjacent to an activating group) is 1. The molecule has 0 saturated carbocycles. The Balaban J connectivity index is 2.06. The second-order valence-electron chi connectivity index (χ2n) is 5.27. The third kappa shape index (κ3) is 2.52. The Morgan fingerprint density at radius 1 is 1.39 bits per heavy atom. The van der Waals surface area contributed by atoms with Crippen molar-refractivity contribution in [3.63, 3.8) is 0 Å². The average molecular weight is 248 g/mol. The van der Waals surface area contributed by atoms with E-state index in [2.05, 4.69) is 24.1 Å². The molecule has 3 nitrogen and oxygen atoms in total. The molecule has 3 heteroatoms. The second kappa shape index (κ2) is 5.72. The number of methoxy groups -OCH3 is 1. The van der Waals surface area contributed by atoms with Crippen molar-refractivity contribution in [3.05, 3.63) is 29.8 Å². The lowest BCUT2D eigenvalue weighted by Gasteiger charge is -2.35. The van der Waals surface area contributed by atoms with Crippen molar-refractivity contribution in [1.82, 2.24) is 4.90 Å². The van der Waals surface area contributed by atoms with Crippen molar-refractivity contribution in [2.75, 3.05) is 27.2 Å². The first kappa shape index (κ1) is 13.4. The summed E-state index contributed by atoms with van der Waals surface area (Å²) < 4.78 is 5.41. The van der Waals surface area contributed by atoms with Crippen LogP contribution in [0.25, 0.3) is 0 Å². The van der Waals surface area contributed by atoms with Crippen LogP contribution >= 0.6 is 0 Å². The van der Waals surface area contributed by atoms with Gasteiger partial charge in [-0.3, -0.25) is 4.90 Å². The first-order valence-electron chi connectivity index (χ1n) is 6.75. The normalized spacial score (nSPS) is 24.4. The molecule has 1 atom stereocenters. The number of benzene rings is 1. The smallest absolute Gasteiger partial charge is 0.122 e. The number of aryl methyl sites for hydroxylation is 1. The molecule has 1 aromatic carbocycles. The molecule has 1 heterocycles. The van der Waals surface area contributed by atoms with Gasteiger partial charge in [0.25, 0.3) is 0 Å². The van der Waals surface area contributed by atoms with E-state index in [9.17, 15) is 0 Å². The van der Waals surface area contributed by atoms with Crippen LogP contribution in [-0.4, -0.2) is 37.7 Å². The maximum atomic E-state index is 6.02. The summed E-state index contributed by atoms with van der Waals surface area (Å²) in [4.78, 5) is 2.43. The fraction of sp³-hybridized carbons (Fsp3) is 0.600. The first-order chi connectivity index (χ1) is 8.72.